The minimum absolute atomic E-state index is 0.0322. The number of carbonyl (C=O) groups excluding carboxylic acids is 2. The fraction of sp³-hybridized carbons (Fsp3) is 0.304. The molecule has 2 amide bonds. The van der Waals surface area contributed by atoms with Crippen LogP contribution in [0.4, 0.5) is 5.69 Å². The van der Waals surface area contributed by atoms with Crippen LogP contribution in [0, 0.1) is 19.8 Å². The molecule has 2 aromatic carbocycles. The van der Waals surface area contributed by atoms with Crippen molar-refractivity contribution in [2.45, 2.75) is 26.7 Å². The van der Waals surface area contributed by atoms with E-state index in [0.29, 0.717) is 41.6 Å². The van der Waals surface area contributed by atoms with Gasteiger partial charge in [0.2, 0.25) is 17.6 Å². The van der Waals surface area contributed by atoms with Crippen molar-refractivity contribution in [3.63, 3.8) is 0 Å². The Bertz CT molecular complexity index is 1060. The average Bonchev–Trinajstić information content (AvgIpc) is 3.20. The van der Waals surface area contributed by atoms with Gasteiger partial charge in [0.15, 0.2) is 0 Å². The lowest BCUT2D eigenvalue weighted by atomic mass is 9.96. The number of hydrogen-bond acceptors (Lipinski definition) is 5. The predicted molar refractivity (Wildman–Crippen MR) is 113 cm³/mol. The SMILES string of the molecule is Cc1ccc(C(=O)N2CCCC(C(=O)Nc3ccccc3-c3noc(C)n3)C2)cc1. The van der Waals surface area contributed by atoms with E-state index >= 15 is 0 Å². The highest BCUT2D eigenvalue weighted by molar-refractivity contribution is 5.98. The van der Waals surface area contributed by atoms with Gasteiger partial charge in [-0.25, -0.2) is 0 Å². The molecule has 1 aliphatic rings. The molecular weight excluding hydrogens is 380 g/mol. The summed E-state index contributed by atoms with van der Waals surface area (Å²) in [5.74, 6) is 0.486. The summed E-state index contributed by atoms with van der Waals surface area (Å²) in [5.41, 5.74) is 3.09. The molecule has 1 saturated heterocycles. The average molecular weight is 404 g/mol. The van der Waals surface area contributed by atoms with Gasteiger partial charge >= 0.3 is 0 Å². The highest BCUT2D eigenvalue weighted by Gasteiger charge is 2.29. The van der Waals surface area contributed by atoms with Gasteiger partial charge in [-0.05, 0) is 44.0 Å². The summed E-state index contributed by atoms with van der Waals surface area (Å²) in [5, 5.41) is 6.95. The van der Waals surface area contributed by atoms with Crippen LogP contribution >= 0.6 is 0 Å². The van der Waals surface area contributed by atoms with Gasteiger partial charge in [0.25, 0.3) is 5.91 Å². The van der Waals surface area contributed by atoms with Gasteiger partial charge in [-0.15, -0.1) is 0 Å². The van der Waals surface area contributed by atoms with Gasteiger partial charge in [0.05, 0.1) is 11.6 Å². The summed E-state index contributed by atoms with van der Waals surface area (Å²) in [4.78, 5) is 31.9. The Morgan fingerprint density at radius 1 is 1.10 bits per heavy atom. The molecule has 30 heavy (non-hydrogen) atoms. The zero-order valence-electron chi connectivity index (χ0n) is 17.1. The highest BCUT2D eigenvalue weighted by atomic mass is 16.5. The molecule has 1 N–H and O–H groups in total. The molecule has 2 heterocycles. The number of amides is 2. The van der Waals surface area contributed by atoms with E-state index < -0.39 is 0 Å². The first-order chi connectivity index (χ1) is 14.5. The second-order valence-electron chi connectivity index (χ2n) is 7.63. The van der Waals surface area contributed by atoms with Crippen LogP contribution in [0.2, 0.25) is 0 Å². The lowest BCUT2D eigenvalue weighted by Crippen LogP contribution is -2.43. The topological polar surface area (TPSA) is 88.3 Å². The standard InChI is InChI=1S/C23H24N4O3/c1-15-9-11-17(12-10-15)23(29)27-13-5-6-18(14-27)22(28)25-20-8-4-3-7-19(20)21-24-16(2)30-26-21/h3-4,7-12,18H,5-6,13-14H2,1-2H3,(H,25,28). The zero-order chi connectivity index (χ0) is 21.1. The van der Waals surface area contributed by atoms with Crippen LogP contribution in [-0.2, 0) is 4.79 Å². The van der Waals surface area contributed by atoms with Gasteiger partial charge in [-0.1, -0.05) is 35.0 Å². The fourth-order valence-electron chi connectivity index (χ4n) is 3.68. The molecule has 1 aliphatic heterocycles. The van der Waals surface area contributed by atoms with Crippen molar-refractivity contribution in [1.82, 2.24) is 15.0 Å². The molecule has 0 aliphatic carbocycles. The third kappa shape index (κ3) is 4.25. The molecule has 1 unspecified atom stereocenters. The van der Waals surface area contributed by atoms with E-state index in [0.717, 1.165) is 18.4 Å². The molecule has 7 nitrogen and oxygen atoms in total. The Labute approximate surface area is 175 Å². The number of rotatable bonds is 4. The largest absolute Gasteiger partial charge is 0.339 e. The summed E-state index contributed by atoms with van der Waals surface area (Å²) in [6, 6.07) is 14.9. The van der Waals surface area contributed by atoms with Crippen molar-refractivity contribution in [2.75, 3.05) is 18.4 Å². The van der Waals surface area contributed by atoms with Crippen LogP contribution in [0.25, 0.3) is 11.4 Å². The molecule has 1 atom stereocenters. The van der Waals surface area contributed by atoms with E-state index in [1.54, 1.807) is 11.8 Å². The number of anilines is 1. The molecule has 0 bridgehead atoms. The van der Waals surface area contributed by atoms with Crippen LogP contribution in [0.15, 0.2) is 53.1 Å². The molecule has 4 rings (SSSR count). The number of likely N-dealkylation sites (tertiary alicyclic amines) is 1. The summed E-state index contributed by atoms with van der Waals surface area (Å²) < 4.78 is 5.07. The molecule has 1 aromatic heterocycles. The van der Waals surface area contributed by atoms with E-state index in [1.807, 2.05) is 55.5 Å². The first kappa shape index (κ1) is 19.8. The minimum atomic E-state index is -0.270. The summed E-state index contributed by atoms with van der Waals surface area (Å²) in [6.45, 7) is 4.78. The number of nitrogens with one attached hydrogen (secondary N) is 1. The molecule has 7 heteroatoms. The lowest BCUT2D eigenvalue weighted by molar-refractivity contribution is -0.121. The minimum Gasteiger partial charge on any atom is -0.339 e. The lowest BCUT2D eigenvalue weighted by Gasteiger charge is -2.32. The Kier molecular flexibility index (Phi) is 5.61. The molecule has 0 radical (unpaired) electrons. The fourth-order valence-corrected chi connectivity index (χ4v) is 3.68. The Morgan fingerprint density at radius 3 is 2.60 bits per heavy atom. The van der Waals surface area contributed by atoms with E-state index in [1.165, 1.54) is 0 Å². The number of para-hydroxylation sites is 1. The molecular formula is C23H24N4O3. The van der Waals surface area contributed by atoms with E-state index in [2.05, 4.69) is 15.5 Å². The maximum absolute atomic E-state index is 13.0. The normalized spacial score (nSPS) is 16.3. The van der Waals surface area contributed by atoms with Gasteiger partial charge in [0, 0.05) is 31.1 Å². The second kappa shape index (κ2) is 8.49. The number of piperidine rings is 1. The summed E-state index contributed by atoms with van der Waals surface area (Å²) >= 11 is 0. The summed E-state index contributed by atoms with van der Waals surface area (Å²) in [6.07, 6.45) is 1.54. The molecule has 0 saturated carbocycles. The number of carbonyl (C=O) groups is 2. The summed E-state index contributed by atoms with van der Waals surface area (Å²) in [7, 11) is 0. The van der Waals surface area contributed by atoms with E-state index in [9.17, 15) is 9.59 Å². The number of nitrogens with zero attached hydrogens (tertiary/aromatic N) is 3. The Morgan fingerprint density at radius 2 is 1.87 bits per heavy atom. The first-order valence-electron chi connectivity index (χ1n) is 10.1. The third-order valence-corrected chi connectivity index (χ3v) is 5.33. The maximum atomic E-state index is 13.0. The van der Waals surface area contributed by atoms with Gasteiger partial charge in [-0.3, -0.25) is 9.59 Å². The first-order valence-corrected chi connectivity index (χ1v) is 10.1. The third-order valence-electron chi connectivity index (χ3n) is 5.33. The van der Waals surface area contributed by atoms with E-state index in [4.69, 9.17) is 4.52 Å². The number of benzene rings is 2. The van der Waals surface area contributed by atoms with Gasteiger partial charge in [-0.2, -0.15) is 4.98 Å². The zero-order valence-corrected chi connectivity index (χ0v) is 17.1. The molecule has 3 aromatic rings. The van der Waals surface area contributed by atoms with Gasteiger partial charge < -0.3 is 14.7 Å². The van der Waals surface area contributed by atoms with Crippen molar-refractivity contribution >= 4 is 17.5 Å². The van der Waals surface area contributed by atoms with E-state index in [-0.39, 0.29) is 17.7 Å². The number of hydrogen-bond donors (Lipinski definition) is 1. The van der Waals surface area contributed by atoms with Gasteiger partial charge in [0.1, 0.15) is 0 Å². The number of aromatic nitrogens is 2. The van der Waals surface area contributed by atoms with Crippen molar-refractivity contribution in [3.05, 3.63) is 65.5 Å². The van der Waals surface area contributed by atoms with Crippen LogP contribution in [0.5, 0.6) is 0 Å². The Hall–Kier alpha value is -3.48. The molecule has 1 fully saturated rings. The highest BCUT2D eigenvalue weighted by Crippen LogP contribution is 2.27. The monoisotopic (exact) mass is 404 g/mol. The van der Waals surface area contributed by atoms with Crippen LogP contribution in [0.3, 0.4) is 0 Å². The van der Waals surface area contributed by atoms with Crippen LogP contribution < -0.4 is 5.32 Å². The molecule has 154 valence electrons. The molecule has 0 spiro atoms. The second-order valence-corrected chi connectivity index (χ2v) is 7.63. The van der Waals surface area contributed by atoms with Crippen molar-refractivity contribution < 1.29 is 14.1 Å². The smallest absolute Gasteiger partial charge is 0.253 e. The quantitative estimate of drug-likeness (QED) is 0.714. The van der Waals surface area contributed by atoms with Crippen molar-refractivity contribution in [3.8, 4) is 11.4 Å². The Balaban J connectivity index is 1.47. The van der Waals surface area contributed by atoms with Crippen LogP contribution in [0.1, 0.15) is 34.7 Å². The predicted octanol–water partition coefficient (Wildman–Crippen LogP) is 3.84. The number of aryl methyl sites for hydroxylation is 2. The van der Waals surface area contributed by atoms with Crippen LogP contribution in [-0.4, -0.2) is 39.9 Å². The van der Waals surface area contributed by atoms with Crippen molar-refractivity contribution in [1.29, 1.82) is 0 Å². The van der Waals surface area contributed by atoms with Crippen molar-refractivity contribution in [2.24, 2.45) is 5.92 Å². The maximum Gasteiger partial charge on any atom is 0.253 e.